The lowest BCUT2D eigenvalue weighted by Gasteiger charge is -2.14. The first-order chi connectivity index (χ1) is 15.8. The normalized spacial score (nSPS) is 14.4. The summed E-state index contributed by atoms with van der Waals surface area (Å²) in [6.45, 7) is 3.32. The number of rotatable bonds is 5. The lowest BCUT2D eigenvalue weighted by Crippen LogP contribution is -2.18. The van der Waals surface area contributed by atoms with E-state index >= 15 is 0 Å². The van der Waals surface area contributed by atoms with Gasteiger partial charge in [0, 0.05) is 47.2 Å². The van der Waals surface area contributed by atoms with Crippen molar-refractivity contribution in [3.8, 4) is 33.9 Å². The number of aromatic amines is 2. The van der Waals surface area contributed by atoms with Crippen LogP contribution in [0.3, 0.4) is 0 Å². The molecule has 4 aromatic heterocycles. The summed E-state index contributed by atoms with van der Waals surface area (Å²) in [5.74, 6) is 0. The number of H-pyrrole nitrogens is 2. The van der Waals surface area contributed by atoms with E-state index in [9.17, 15) is 0 Å². The molecule has 0 radical (unpaired) electrons. The van der Waals surface area contributed by atoms with Crippen LogP contribution in [0.15, 0.2) is 73.2 Å². The van der Waals surface area contributed by atoms with E-state index in [-0.39, 0.29) is 0 Å². The van der Waals surface area contributed by atoms with Gasteiger partial charge in [-0.3, -0.25) is 20.0 Å². The molecule has 1 aromatic carbocycles. The third-order valence-corrected chi connectivity index (χ3v) is 6.17. The fraction of sp³-hybridized carbons (Fsp3) is 0.192. The Balaban J connectivity index is 1.31. The molecule has 2 N–H and O–H groups in total. The van der Waals surface area contributed by atoms with Crippen LogP contribution in [0.4, 0.5) is 0 Å². The van der Waals surface area contributed by atoms with Gasteiger partial charge in [-0.15, -0.1) is 0 Å². The van der Waals surface area contributed by atoms with Crippen molar-refractivity contribution >= 4 is 10.9 Å². The first-order valence-electron chi connectivity index (χ1n) is 11.1. The van der Waals surface area contributed by atoms with Gasteiger partial charge in [0.25, 0.3) is 0 Å². The van der Waals surface area contributed by atoms with Crippen LogP contribution >= 0.6 is 0 Å². The third-order valence-electron chi connectivity index (χ3n) is 6.17. The number of aromatic nitrogens is 5. The van der Waals surface area contributed by atoms with Crippen molar-refractivity contribution in [1.82, 2.24) is 30.0 Å². The lowest BCUT2D eigenvalue weighted by atomic mass is 10.1. The molecule has 5 aromatic rings. The fourth-order valence-electron chi connectivity index (χ4n) is 4.57. The van der Waals surface area contributed by atoms with E-state index in [1.54, 1.807) is 0 Å². The molecule has 0 aliphatic carbocycles. The Bertz CT molecular complexity index is 1360. The molecule has 32 heavy (non-hydrogen) atoms. The average Bonchev–Trinajstić information content (AvgIpc) is 3.60. The van der Waals surface area contributed by atoms with Crippen LogP contribution < -0.4 is 0 Å². The van der Waals surface area contributed by atoms with Crippen LogP contribution in [0.25, 0.3) is 44.8 Å². The predicted octanol–water partition coefficient (Wildman–Crippen LogP) is 5.28. The number of nitrogens with zero attached hydrogens (tertiary/aromatic N) is 4. The highest BCUT2D eigenvalue weighted by atomic mass is 15.1. The molecule has 5 heterocycles. The Morgan fingerprint density at radius 2 is 1.81 bits per heavy atom. The number of benzene rings is 1. The first-order valence-corrected chi connectivity index (χ1v) is 11.1. The summed E-state index contributed by atoms with van der Waals surface area (Å²) in [4.78, 5) is 15.0. The van der Waals surface area contributed by atoms with E-state index < -0.39 is 0 Å². The van der Waals surface area contributed by atoms with Crippen molar-refractivity contribution in [3.63, 3.8) is 0 Å². The zero-order chi connectivity index (χ0) is 21.3. The summed E-state index contributed by atoms with van der Waals surface area (Å²) >= 11 is 0. The molecule has 1 fully saturated rings. The van der Waals surface area contributed by atoms with Gasteiger partial charge < -0.3 is 4.98 Å². The minimum atomic E-state index is 0.883. The quantitative estimate of drug-likeness (QED) is 0.406. The van der Waals surface area contributed by atoms with Crippen molar-refractivity contribution < 1.29 is 0 Å². The van der Waals surface area contributed by atoms with E-state index in [4.69, 9.17) is 0 Å². The summed E-state index contributed by atoms with van der Waals surface area (Å²) < 4.78 is 0. The summed E-state index contributed by atoms with van der Waals surface area (Å²) in [5, 5.41) is 8.92. The molecule has 1 saturated heterocycles. The number of hydrogen-bond acceptors (Lipinski definition) is 4. The summed E-state index contributed by atoms with van der Waals surface area (Å²) in [6.07, 6.45) is 8.28. The van der Waals surface area contributed by atoms with Crippen molar-refractivity contribution in [2.24, 2.45) is 0 Å². The molecule has 6 nitrogen and oxygen atoms in total. The maximum atomic E-state index is 4.58. The molecule has 0 spiro atoms. The molecule has 0 unspecified atom stereocenters. The van der Waals surface area contributed by atoms with Gasteiger partial charge in [0.05, 0.1) is 17.1 Å². The summed E-state index contributed by atoms with van der Waals surface area (Å²) in [7, 11) is 0. The molecule has 6 heteroatoms. The zero-order valence-corrected chi connectivity index (χ0v) is 17.8. The van der Waals surface area contributed by atoms with Crippen LogP contribution in [-0.2, 0) is 6.54 Å². The Hall–Kier alpha value is -3.77. The van der Waals surface area contributed by atoms with Crippen molar-refractivity contribution in [1.29, 1.82) is 0 Å². The number of fused-ring (bicyclic) bond motifs is 1. The maximum absolute atomic E-state index is 4.58. The van der Waals surface area contributed by atoms with Crippen LogP contribution in [0.1, 0.15) is 18.4 Å². The molecule has 158 valence electrons. The van der Waals surface area contributed by atoms with Gasteiger partial charge in [-0.1, -0.05) is 18.2 Å². The minimum Gasteiger partial charge on any atom is -0.353 e. The van der Waals surface area contributed by atoms with Gasteiger partial charge in [0.15, 0.2) is 0 Å². The highest BCUT2D eigenvalue weighted by Crippen LogP contribution is 2.32. The minimum absolute atomic E-state index is 0.883. The standard InChI is InChI=1S/C26H24N6/c1-2-9-28-22(7-1)20-6-5-8-23-21(20)13-25(29-23)26-14-24(30-31-26)19-12-18(15-27-16-19)17-32-10-3-4-11-32/h1-2,5-9,12-16,29H,3-4,10-11,17H2,(H,30,31). The maximum Gasteiger partial charge on any atom is 0.109 e. The first kappa shape index (κ1) is 19.0. The zero-order valence-electron chi connectivity index (χ0n) is 17.8. The van der Waals surface area contributed by atoms with Crippen LogP contribution in [0.2, 0.25) is 0 Å². The number of nitrogens with one attached hydrogen (secondary N) is 2. The smallest absolute Gasteiger partial charge is 0.109 e. The van der Waals surface area contributed by atoms with Gasteiger partial charge in [0.1, 0.15) is 5.69 Å². The van der Waals surface area contributed by atoms with E-state index in [1.807, 2.05) is 36.8 Å². The fourth-order valence-corrected chi connectivity index (χ4v) is 4.57. The summed E-state index contributed by atoms with van der Waals surface area (Å²) in [5.41, 5.74) is 8.28. The number of hydrogen-bond donors (Lipinski definition) is 2. The Morgan fingerprint density at radius 1 is 0.875 bits per heavy atom. The molecule has 0 bridgehead atoms. The molecular formula is C26H24N6. The van der Waals surface area contributed by atoms with E-state index in [0.717, 1.165) is 51.4 Å². The topological polar surface area (TPSA) is 73.5 Å². The summed E-state index contributed by atoms with van der Waals surface area (Å²) in [6, 6.07) is 18.7. The number of likely N-dealkylation sites (tertiary alicyclic amines) is 1. The monoisotopic (exact) mass is 420 g/mol. The second kappa shape index (κ2) is 8.05. The van der Waals surface area contributed by atoms with Crippen LogP contribution in [-0.4, -0.2) is 43.1 Å². The second-order valence-corrected chi connectivity index (χ2v) is 8.40. The van der Waals surface area contributed by atoms with Gasteiger partial charge in [-0.05, 0) is 67.9 Å². The molecular weight excluding hydrogens is 396 g/mol. The molecule has 1 aliphatic rings. The highest BCUT2D eigenvalue weighted by molar-refractivity contribution is 5.97. The van der Waals surface area contributed by atoms with E-state index in [2.05, 4.69) is 66.4 Å². The van der Waals surface area contributed by atoms with Crippen LogP contribution in [0, 0.1) is 0 Å². The third kappa shape index (κ3) is 3.59. The largest absolute Gasteiger partial charge is 0.353 e. The molecule has 1 aliphatic heterocycles. The SMILES string of the molecule is c1ccc(-c2cccc3[nH]c(-c4cc(-c5cncc(CN6CCCC6)c5)[nH]n4)cc23)nc1. The molecule has 0 amide bonds. The van der Waals surface area contributed by atoms with Crippen molar-refractivity contribution in [3.05, 3.63) is 78.8 Å². The van der Waals surface area contributed by atoms with E-state index in [1.165, 1.54) is 31.5 Å². The van der Waals surface area contributed by atoms with E-state index in [0.29, 0.717) is 0 Å². The van der Waals surface area contributed by atoms with Crippen molar-refractivity contribution in [2.45, 2.75) is 19.4 Å². The van der Waals surface area contributed by atoms with Crippen molar-refractivity contribution in [2.75, 3.05) is 13.1 Å². The molecule has 0 saturated carbocycles. The van der Waals surface area contributed by atoms with Gasteiger partial charge in [-0.2, -0.15) is 5.10 Å². The predicted molar refractivity (Wildman–Crippen MR) is 127 cm³/mol. The van der Waals surface area contributed by atoms with Gasteiger partial charge in [0.2, 0.25) is 0 Å². The highest BCUT2D eigenvalue weighted by Gasteiger charge is 2.14. The van der Waals surface area contributed by atoms with Crippen LogP contribution in [0.5, 0.6) is 0 Å². The van der Waals surface area contributed by atoms with Gasteiger partial charge >= 0.3 is 0 Å². The second-order valence-electron chi connectivity index (χ2n) is 8.40. The Labute approximate surface area is 186 Å². The molecule has 0 atom stereocenters. The number of pyridine rings is 2. The van der Waals surface area contributed by atoms with Gasteiger partial charge in [-0.25, -0.2) is 0 Å². The Kier molecular flexibility index (Phi) is 4.77. The molecule has 6 rings (SSSR count). The average molecular weight is 421 g/mol. The Morgan fingerprint density at radius 3 is 2.69 bits per heavy atom. The lowest BCUT2D eigenvalue weighted by molar-refractivity contribution is 0.331.